The lowest BCUT2D eigenvalue weighted by atomic mass is 10.2. The summed E-state index contributed by atoms with van der Waals surface area (Å²) in [6.45, 7) is 0.749. The van der Waals surface area contributed by atoms with Gasteiger partial charge in [0, 0.05) is 27.1 Å². The number of rotatable bonds is 4. The van der Waals surface area contributed by atoms with E-state index >= 15 is 0 Å². The number of benzene rings is 1. The molecule has 0 aliphatic heterocycles. The lowest BCUT2D eigenvalue weighted by Crippen LogP contribution is -2.06. The first-order valence-corrected chi connectivity index (χ1v) is 7.41. The molecule has 0 spiro atoms. The smallest absolute Gasteiger partial charge is 0.101 e. The van der Waals surface area contributed by atoms with Gasteiger partial charge >= 0.3 is 0 Å². The molecule has 5 heteroatoms. The maximum atomic E-state index is 6.22. The van der Waals surface area contributed by atoms with Crippen LogP contribution in [0.1, 0.15) is 5.56 Å². The van der Waals surface area contributed by atoms with Crippen LogP contribution in [-0.4, -0.2) is 12.0 Å². The molecule has 1 aromatic carbocycles. The molecule has 2 aromatic rings. The van der Waals surface area contributed by atoms with Gasteiger partial charge in [-0.2, -0.15) is 0 Å². The Kier molecular flexibility index (Phi) is 5.06. The average Bonchev–Trinajstić information content (AvgIpc) is 2.36. The fourth-order valence-corrected chi connectivity index (χ4v) is 2.97. The largest absolute Gasteiger partial charge is 0.316 e. The number of nitrogens with zero attached hydrogens (tertiary/aromatic N) is 1. The van der Waals surface area contributed by atoms with Crippen LogP contribution in [0.4, 0.5) is 0 Å². The summed E-state index contributed by atoms with van der Waals surface area (Å²) in [5.41, 5.74) is 1.11. The van der Waals surface area contributed by atoms with Gasteiger partial charge in [-0.1, -0.05) is 29.4 Å². The zero-order chi connectivity index (χ0) is 13.0. The summed E-state index contributed by atoms with van der Waals surface area (Å²) < 4.78 is 0.980. The van der Waals surface area contributed by atoms with Gasteiger partial charge in [0.05, 0.1) is 0 Å². The third kappa shape index (κ3) is 3.48. The SMILES string of the molecule is CNCc1c(Cl)cccc1Sc1ccc(Br)cn1. The summed E-state index contributed by atoms with van der Waals surface area (Å²) in [6.07, 6.45) is 1.80. The van der Waals surface area contributed by atoms with Crippen LogP contribution >= 0.6 is 39.3 Å². The fraction of sp³-hybridized carbons (Fsp3) is 0.154. The Hall–Kier alpha value is -0.550. The first-order chi connectivity index (χ1) is 8.70. The van der Waals surface area contributed by atoms with E-state index in [1.165, 1.54) is 0 Å². The van der Waals surface area contributed by atoms with Gasteiger partial charge in [-0.15, -0.1) is 0 Å². The predicted octanol–water partition coefficient (Wildman–Crippen LogP) is 4.37. The summed E-state index contributed by atoms with van der Waals surface area (Å²) >= 11 is 11.2. The van der Waals surface area contributed by atoms with E-state index in [9.17, 15) is 0 Å². The van der Waals surface area contributed by atoms with Crippen LogP contribution in [0.5, 0.6) is 0 Å². The zero-order valence-electron chi connectivity index (χ0n) is 9.78. The lowest BCUT2D eigenvalue weighted by Gasteiger charge is -2.10. The van der Waals surface area contributed by atoms with Gasteiger partial charge in [-0.25, -0.2) is 4.98 Å². The van der Waals surface area contributed by atoms with Gasteiger partial charge in [-0.3, -0.25) is 0 Å². The third-order valence-electron chi connectivity index (χ3n) is 2.34. The van der Waals surface area contributed by atoms with Gasteiger partial charge in [0.25, 0.3) is 0 Å². The van der Waals surface area contributed by atoms with Crippen LogP contribution < -0.4 is 5.32 Å². The van der Waals surface area contributed by atoms with E-state index < -0.39 is 0 Å². The van der Waals surface area contributed by atoms with Crippen molar-refractivity contribution < 1.29 is 0 Å². The van der Waals surface area contributed by atoms with E-state index in [-0.39, 0.29) is 0 Å². The van der Waals surface area contributed by atoms with Crippen LogP contribution in [0.3, 0.4) is 0 Å². The van der Waals surface area contributed by atoms with E-state index in [0.717, 1.165) is 31.5 Å². The molecule has 0 radical (unpaired) electrons. The highest BCUT2D eigenvalue weighted by molar-refractivity contribution is 9.10. The molecule has 0 aliphatic carbocycles. The molecule has 94 valence electrons. The van der Waals surface area contributed by atoms with Crippen molar-refractivity contribution in [2.24, 2.45) is 0 Å². The Morgan fingerprint density at radius 1 is 1.33 bits per heavy atom. The van der Waals surface area contributed by atoms with Crippen molar-refractivity contribution in [1.82, 2.24) is 10.3 Å². The molecule has 2 nitrogen and oxygen atoms in total. The molecule has 1 N–H and O–H groups in total. The topological polar surface area (TPSA) is 24.9 Å². The number of pyridine rings is 1. The summed E-state index contributed by atoms with van der Waals surface area (Å²) in [6, 6.07) is 9.90. The number of nitrogens with one attached hydrogen (secondary N) is 1. The number of hydrogen-bond acceptors (Lipinski definition) is 3. The average molecular weight is 344 g/mol. The Labute approximate surface area is 124 Å². The molecule has 18 heavy (non-hydrogen) atoms. The molecule has 2 rings (SSSR count). The Bertz CT molecular complexity index is 531. The quantitative estimate of drug-likeness (QED) is 0.892. The van der Waals surface area contributed by atoms with Gasteiger partial charge in [0.2, 0.25) is 0 Å². The second-order valence-electron chi connectivity index (χ2n) is 3.66. The third-order valence-corrected chi connectivity index (χ3v) is 4.22. The number of halogens is 2. The molecule has 0 atom stereocenters. The first kappa shape index (κ1) is 13.9. The van der Waals surface area contributed by atoms with E-state index in [1.54, 1.807) is 18.0 Å². The molecular weight excluding hydrogens is 332 g/mol. The second-order valence-corrected chi connectivity index (χ2v) is 6.05. The van der Waals surface area contributed by atoms with Gasteiger partial charge in [0.15, 0.2) is 0 Å². The highest BCUT2D eigenvalue weighted by atomic mass is 79.9. The maximum absolute atomic E-state index is 6.22. The van der Waals surface area contributed by atoms with Gasteiger partial charge < -0.3 is 5.32 Å². The molecule has 0 saturated heterocycles. The predicted molar refractivity (Wildman–Crippen MR) is 80.3 cm³/mol. The molecule has 0 amide bonds. The molecule has 1 heterocycles. The van der Waals surface area contributed by atoms with Gasteiger partial charge in [0.1, 0.15) is 5.03 Å². The van der Waals surface area contributed by atoms with E-state index in [0.29, 0.717) is 0 Å². The van der Waals surface area contributed by atoms with E-state index in [2.05, 4.69) is 32.3 Å². The van der Waals surface area contributed by atoms with Crippen LogP contribution in [0.25, 0.3) is 0 Å². The van der Waals surface area contributed by atoms with E-state index in [4.69, 9.17) is 11.6 Å². The van der Waals surface area contributed by atoms with Crippen molar-refractivity contribution in [1.29, 1.82) is 0 Å². The Balaban J connectivity index is 2.28. The van der Waals surface area contributed by atoms with Crippen molar-refractivity contribution in [2.45, 2.75) is 16.5 Å². The van der Waals surface area contributed by atoms with Crippen LogP contribution in [0.15, 0.2) is 50.9 Å². The van der Waals surface area contributed by atoms with Crippen LogP contribution in [-0.2, 0) is 6.54 Å². The molecule has 0 aliphatic rings. The minimum absolute atomic E-state index is 0.749. The summed E-state index contributed by atoms with van der Waals surface area (Å²) in [4.78, 5) is 5.49. The molecule has 0 unspecified atom stereocenters. The fourth-order valence-electron chi connectivity index (χ4n) is 1.52. The van der Waals surface area contributed by atoms with Gasteiger partial charge in [-0.05, 0) is 52.8 Å². The minimum atomic E-state index is 0.749. The minimum Gasteiger partial charge on any atom is -0.316 e. The van der Waals surface area contributed by atoms with Crippen molar-refractivity contribution in [3.63, 3.8) is 0 Å². The van der Waals surface area contributed by atoms with Crippen molar-refractivity contribution in [2.75, 3.05) is 7.05 Å². The molecular formula is C13H12BrClN2S. The van der Waals surface area contributed by atoms with Crippen molar-refractivity contribution >= 4 is 39.3 Å². The number of hydrogen-bond donors (Lipinski definition) is 1. The van der Waals surface area contributed by atoms with Crippen LogP contribution in [0.2, 0.25) is 5.02 Å². The van der Waals surface area contributed by atoms with Crippen molar-refractivity contribution in [3.8, 4) is 0 Å². The van der Waals surface area contributed by atoms with Crippen molar-refractivity contribution in [3.05, 3.63) is 51.6 Å². The Morgan fingerprint density at radius 3 is 2.83 bits per heavy atom. The Morgan fingerprint density at radius 2 is 2.17 bits per heavy atom. The summed E-state index contributed by atoms with van der Waals surface area (Å²) in [7, 11) is 1.91. The molecule has 0 fully saturated rings. The first-order valence-electron chi connectivity index (χ1n) is 5.42. The molecule has 0 saturated carbocycles. The monoisotopic (exact) mass is 342 g/mol. The zero-order valence-corrected chi connectivity index (χ0v) is 12.9. The highest BCUT2D eigenvalue weighted by Gasteiger charge is 2.08. The number of aromatic nitrogens is 1. The van der Waals surface area contributed by atoms with Crippen LogP contribution in [0, 0.1) is 0 Å². The summed E-state index contributed by atoms with van der Waals surface area (Å²) in [5.74, 6) is 0. The maximum Gasteiger partial charge on any atom is 0.101 e. The molecule has 1 aromatic heterocycles. The van der Waals surface area contributed by atoms with E-state index in [1.807, 2.05) is 31.3 Å². The highest BCUT2D eigenvalue weighted by Crippen LogP contribution is 2.33. The second kappa shape index (κ2) is 6.57. The normalized spacial score (nSPS) is 10.6. The summed E-state index contributed by atoms with van der Waals surface area (Å²) in [5, 5.41) is 4.87. The standard InChI is InChI=1S/C13H12BrClN2S/c1-16-8-10-11(15)3-2-4-12(10)18-13-6-5-9(14)7-17-13/h2-7,16H,8H2,1H3. The lowest BCUT2D eigenvalue weighted by molar-refractivity contribution is 0.803. The molecule has 0 bridgehead atoms.